The van der Waals surface area contributed by atoms with E-state index in [-0.39, 0.29) is 30.2 Å². The topological polar surface area (TPSA) is 44.8 Å². The van der Waals surface area contributed by atoms with Crippen LogP contribution < -0.4 is 0 Å². The Morgan fingerprint density at radius 2 is 1.89 bits per heavy atom. The lowest BCUT2D eigenvalue weighted by atomic mass is 9.78. The highest BCUT2D eigenvalue weighted by molar-refractivity contribution is 6.54. The van der Waals surface area contributed by atoms with Gasteiger partial charge in [0.25, 0.3) is 0 Å². The minimum atomic E-state index is -0.331. The van der Waals surface area contributed by atoms with Crippen LogP contribution in [-0.2, 0) is 18.8 Å². The predicted molar refractivity (Wildman–Crippen MR) is 68.9 cm³/mol. The fourth-order valence-corrected chi connectivity index (χ4v) is 2.28. The van der Waals surface area contributed by atoms with Crippen LogP contribution in [0, 0.1) is 5.92 Å². The number of esters is 1. The van der Waals surface area contributed by atoms with Crippen molar-refractivity contribution in [2.75, 3.05) is 7.11 Å². The third-order valence-electron chi connectivity index (χ3n) is 4.22. The molecule has 4 nitrogen and oxygen atoms in total. The number of allylic oxidation sites excluding steroid dienone is 1. The summed E-state index contributed by atoms with van der Waals surface area (Å²) in [4.78, 5) is 11.5. The summed E-state index contributed by atoms with van der Waals surface area (Å²) in [6.45, 7) is 8.11. The smallest absolute Gasteiger partial charge is 0.469 e. The number of carbonyl (C=O) groups excluding carboxylic acids is 1. The molecule has 0 aromatic carbocycles. The molecule has 1 aliphatic heterocycles. The summed E-state index contributed by atoms with van der Waals surface area (Å²) in [5.74, 6) is -0.328. The van der Waals surface area contributed by atoms with Crippen molar-refractivity contribution in [2.24, 2.45) is 5.92 Å². The molecule has 0 aromatic heterocycles. The van der Waals surface area contributed by atoms with Gasteiger partial charge in [0.2, 0.25) is 0 Å². The second kappa shape index (κ2) is 4.39. The maximum Gasteiger partial charge on any atom is 0.490 e. The first-order valence-corrected chi connectivity index (χ1v) is 6.41. The first-order chi connectivity index (χ1) is 8.27. The summed E-state index contributed by atoms with van der Waals surface area (Å²) in [5.41, 5.74) is 0.396. The first kappa shape index (κ1) is 13.6. The van der Waals surface area contributed by atoms with Gasteiger partial charge in [-0.3, -0.25) is 4.79 Å². The van der Waals surface area contributed by atoms with Crippen molar-refractivity contribution in [3.63, 3.8) is 0 Å². The number of ether oxygens (including phenoxy) is 1. The molecule has 2 rings (SSSR count). The van der Waals surface area contributed by atoms with E-state index < -0.39 is 0 Å². The van der Waals surface area contributed by atoms with Crippen LogP contribution in [0.25, 0.3) is 0 Å². The van der Waals surface area contributed by atoms with E-state index in [2.05, 4.69) is 0 Å². The van der Waals surface area contributed by atoms with E-state index in [1.54, 1.807) is 0 Å². The zero-order chi connectivity index (χ0) is 13.6. The Hall–Kier alpha value is -0.805. The average molecular weight is 252 g/mol. The van der Waals surface area contributed by atoms with Crippen molar-refractivity contribution in [2.45, 2.75) is 51.7 Å². The predicted octanol–water partition coefficient (Wildman–Crippen LogP) is 2.13. The summed E-state index contributed by atoms with van der Waals surface area (Å²) in [6.07, 6.45) is 3.55. The van der Waals surface area contributed by atoms with Crippen LogP contribution in [0.3, 0.4) is 0 Å². The number of carbonyl (C=O) groups is 1. The van der Waals surface area contributed by atoms with E-state index in [9.17, 15) is 4.79 Å². The number of methoxy groups -OCH3 is 1. The van der Waals surface area contributed by atoms with E-state index in [4.69, 9.17) is 14.0 Å². The van der Waals surface area contributed by atoms with Gasteiger partial charge in [-0.05, 0) is 46.0 Å². The van der Waals surface area contributed by atoms with Crippen LogP contribution in [0.5, 0.6) is 0 Å². The van der Waals surface area contributed by atoms with Crippen LogP contribution in [0.15, 0.2) is 11.5 Å². The Morgan fingerprint density at radius 1 is 1.33 bits per heavy atom. The molecule has 1 fully saturated rings. The molecule has 0 N–H and O–H groups in total. The molecule has 0 saturated carbocycles. The Balaban J connectivity index is 2.10. The molecule has 5 heteroatoms. The Bertz CT molecular complexity index is 370. The lowest BCUT2D eigenvalue weighted by Crippen LogP contribution is -2.41. The van der Waals surface area contributed by atoms with Gasteiger partial charge >= 0.3 is 13.1 Å². The quantitative estimate of drug-likeness (QED) is 0.557. The van der Waals surface area contributed by atoms with Crippen molar-refractivity contribution in [1.29, 1.82) is 0 Å². The van der Waals surface area contributed by atoms with Crippen molar-refractivity contribution in [3.8, 4) is 0 Å². The van der Waals surface area contributed by atoms with E-state index in [1.807, 2.05) is 33.8 Å². The Morgan fingerprint density at radius 3 is 2.39 bits per heavy atom. The van der Waals surface area contributed by atoms with Crippen molar-refractivity contribution in [1.82, 2.24) is 0 Å². The van der Waals surface area contributed by atoms with Gasteiger partial charge in [-0.1, -0.05) is 6.08 Å². The van der Waals surface area contributed by atoms with Gasteiger partial charge in [-0.15, -0.1) is 0 Å². The molecular weight excluding hydrogens is 231 g/mol. The Labute approximate surface area is 109 Å². The second-order valence-electron chi connectivity index (χ2n) is 6.00. The summed E-state index contributed by atoms with van der Waals surface area (Å²) < 4.78 is 16.7. The average Bonchev–Trinajstić information content (AvgIpc) is 2.82. The second-order valence-corrected chi connectivity index (χ2v) is 6.00. The monoisotopic (exact) mass is 252 g/mol. The van der Waals surface area contributed by atoms with Gasteiger partial charge in [-0.25, -0.2) is 0 Å². The third-order valence-corrected chi connectivity index (χ3v) is 4.22. The molecule has 0 aromatic rings. The molecule has 100 valence electrons. The van der Waals surface area contributed by atoms with E-state index >= 15 is 0 Å². The molecule has 2 aliphatic rings. The fourth-order valence-electron chi connectivity index (χ4n) is 2.28. The first-order valence-electron chi connectivity index (χ1n) is 6.41. The van der Waals surface area contributed by atoms with E-state index in [0.717, 1.165) is 18.3 Å². The van der Waals surface area contributed by atoms with Crippen LogP contribution in [-0.4, -0.2) is 31.4 Å². The number of hydrogen-bond donors (Lipinski definition) is 0. The standard InChI is InChI=1S/C13H21BO4/c1-12(2)13(3,4)18-14(17-12)10-7-6-9(8-10)11(15)16-5/h8-9H,6-7H2,1-5H3/t9-/m1/s1. The summed E-state index contributed by atoms with van der Waals surface area (Å²) in [7, 11) is 1.09. The van der Waals surface area contributed by atoms with Crippen molar-refractivity contribution in [3.05, 3.63) is 11.5 Å². The maximum atomic E-state index is 11.5. The highest BCUT2D eigenvalue weighted by Gasteiger charge is 2.52. The molecule has 0 radical (unpaired) electrons. The molecule has 1 aliphatic carbocycles. The molecule has 1 saturated heterocycles. The van der Waals surface area contributed by atoms with Gasteiger partial charge in [-0.2, -0.15) is 0 Å². The maximum absolute atomic E-state index is 11.5. The molecule has 1 heterocycles. The summed E-state index contributed by atoms with van der Waals surface area (Å²) in [6, 6.07) is 0. The molecule has 0 bridgehead atoms. The molecule has 0 unspecified atom stereocenters. The lowest BCUT2D eigenvalue weighted by molar-refractivity contribution is -0.143. The molecule has 0 amide bonds. The lowest BCUT2D eigenvalue weighted by Gasteiger charge is -2.32. The minimum Gasteiger partial charge on any atom is -0.469 e. The van der Waals surface area contributed by atoms with Crippen LogP contribution in [0.2, 0.25) is 0 Å². The zero-order valence-corrected chi connectivity index (χ0v) is 11.8. The summed E-state index contributed by atoms with van der Waals surface area (Å²) in [5, 5.41) is 0. The third kappa shape index (κ3) is 2.21. The Kier molecular flexibility index (Phi) is 3.32. The zero-order valence-electron chi connectivity index (χ0n) is 11.8. The van der Waals surface area contributed by atoms with Crippen LogP contribution in [0.1, 0.15) is 40.5 Å². The SMILES string of the molecule is COC(=O)[C@H]1C=C(B2OC(C)(C)C(C)(C)O2)CC1. The van der Waals surface area contributed by atoms with Gasteiger partial charge in [0.05, 0.1) is 24.2 Å². The number of rotatable bonds is 2. The van der Waals surface area contributed by atoms with E-state index in [1.165, 1.54) is 7.11 Å². The van der Waals surface area contributed by atoms with Crippen molar-refractivity contribution < 1.29 is 18.8 Å². The number of hydrogen-bond acceptors (Lipinski definition) is 4. The van der Waals surface area contributed by atoms with Crippen LogP contribution in [0.4, 0.5) is 0 Å². The molecule has 18 heavy (non-hydrogen) atoms. The minimum absolute atomic E-state index is 0.149. The van der Waals surface area contributed by atoms with Gasteiger partial charge in [0, 0.05) is 0 Å². The fraction of sp³-hybridized carbons (Fsp3) is 0.769. The highest BCUT2D eigenvalue weighted by Crippen LogP contribution is 2.41. The summed E-state index contributed by atoms with van der Waals surface area (Å²) >= 11 is 0. The largest absolute Gasteiger partial charge is 0.490 e. The molecular formula is C13H21BO4. The van der Waals surface area contributed by atoms with Gasteiger partial charge in [0.15, 0.2) is 0 Å². The highest BCUT2D eigenvalue weighted by atomic mass is 16.7. The van der Waals surface area contributed by atoms with Gasteiger partial charge in [0.1, 0.15) is 0 Å². The van der Waals surface area contributed by atoms with E-state index in [0.29, 0.717) is 0 Å². The van der Waals surface area contributed by atoms with Crippen LogP contribution >= 0.6 is 0 Å². The molecule has 1 atom stereocenters. The van der Waals surface area contributed by atoms with Crippen molar-refractivity contribution >= 4 is 13.1 Å². The van der Waals surface area contributed by atoms with Gasteiger partial charge < -0.3 is 14.0 Å². The normalized spacial score (nSPS) is 29.3. The molecule has 0 spiro atoms.